The van der Waals surface area contributed by atoms with E-state index in [0.717, 1.165) is 17.7 Å². The van der Waals surface area contributed by atoms with Crippen LogP contribution in [0.4, 0.5) is 0 Å². The smallest absolute Gasteiger partial charge is 0.355 e. The minimum absolute atomic E-state index is 0.280. The van der Waals surface area contributed by atoms with Crippen molar-refractivity contribution in [3.05, 3.63) is 16.1 Å². The number of hydrogen-bond donors (Lipinski definition) is 1. The van der Waals surface area contributed by atoms with Crippen LogP contribution in [-0.4, -0.2) is 16.1 Å². The van der Waals surface area contributed by atoms with Gasteiger partial charge in [0, 0.05) is 4.88 Å². The van der Waals surface area contributed by atoms with Crippen molar-refractivity contribution >= 4 is 17.3 Å². The zero-order valence-electron chi connectivity index (χ0n) is 7.90. The van der Waals surface area contributed by atoms with E-state index in [-0.39, 0.29) is 5.69 Å². The second-order valence-corrected chi connectivity index (χ2v) is 4.59. The topological polar surface area (TPSA) is 50.2 Å². The molecule has 4 heteroatoms. The third kappa shape index (κ3) is 1.80. The summed E-state index contributed by atoms with van der Waals surface area (Å²) in [5, 5.41) is 8.93. The number of nitrogens with zero attached hydrogens (tertiary/aromatic N) is 1. The molecule has 3 nitrogen and oxygen atoms in total. The lowest BCUT2D eigenvalue weighted by Crippen LogP contribution is -2.08. The Kier molecular flexibility index (Phi) is 2.82. The van der Waals surface area contributed by atoms with E-state index in [1.807, 2.05) is 0 Å². The van der Waals surface area contributed by atoms with Crippen molar-refractivity contribution in [2.45, 2.75) is 38.0 Å². The number of aromatic carboxylic acids is 1. The van der Waals surface area contributed by atoms with Crippen molar-refractivity contribution in [1.82, 2.24) is 4.98 Å². The Morgan fingerprint density at radius 1 is 1.43 bits per heavy atom. The molecule has 0 aromatic carbocycles. The Balaban J connectivity index is 2.21. The largest absolute Gasteiger partial charge is 0.476 e. The average molecular weight is 211 g/mol. The van der Waals surface area contributed by atoms with Crippen LogP contribution in [0.2, 0.25) is 0 Å². The highest BCUT2D eigenvalue weighted by Gasteiger charge is 2.23. The van der Waals surface area contributed by atoms with Gasteiger partial charge in [0.25, 0.3) is 0 Å². The first-order valence-electron chi connectivity index (χ1n) is 4.95. The molecule has 76 valence electrons. The molecule has 0 saturated heterocycles. The molecule has 0 unspecified atom stereocenters. The van der Waals surface area contributed by atoms with E-state index in [4.69, 9.17) is 5.11 Å². The van der Waals surface area contributed by atoms with Crippen molar-refractivity contribution in [3.63, 3.8) is 0 Å². The quantitative estimate of drug-likeness (QED) is 0.818. The molecule has 1 fully saturated rings. The lowest BCUT2D eigenvalue weighted by molar-refractivity contribution is 0.0689. The van der Waals surface area contributed by atoms with Gasteiger partial charge < -0.3 is 5.11 Å². The Morgan fingerprint density at radius 3 is 2.79 bits per heavy atom. The Hall–Kier alpha value is -0.900. The summed E-state index contributed by atoms with van der Waals surface area (Å²) in [7, 11) is 0. The highest BCUT2D eigenvalue weighted by molar-refractivity contribution is 7.10. The van der Waals surface area contributed by atoms with Gasteiger partial charge in [0.05, 0.1) is 5.51 Å². The fraction of sp³-hybridized carbons (Fsp3) is 0.600. The molecule has 0 radical (unpaired) electrons. The number of carboxylic acid groups (broad SMARTS) is 1. The van der Waals surface area contributed by atoms with Crippen LogP contribution in [0.5, 0.6) is 0 Å². The molecular weight excluding hydrogens is 198 g/mol. The van der Waals surface area contributed by atoms with Crippen molar-refractivity contribution in [3.8, 4) is 0 Å². The Labute approximate surface area is 86.8 Å². The molecule has 0 spiro atoms. The molecule has 14 heavy (non-hydrogen) atoms. The summed E-state index contributed by atoms with van der Waals surface area (Å²) >= 11 is 1.49. The second kappa shape index (κ2) is 4.09. The van der Waals surface area contributed by atoms with Gasteiger partial charge in [-0.05, 0) is 18.8 Å². The van der Waals surface area contributed by atoms with Crippen LogP contribution in [0.15, 0.2) is 5.51 Å². The third-order valence-electron chi connectivity index (χ3n) is 2.77. The Morgan fingerprint density at radius 2 is 2.14 bits per heavy atom. The van der Waals surface area contributed by atoms with Gasteiger partial charge in [0.1, 0.15) is 0 Å². The minimum atomic E-state index is -0.883. The van der Waals surface area contributed by atoms with Crippen LogP contribution in [0.1, 0.15) is 53.4 Å². The van der Waals surface area contributed by atoms with E-state index in [0.29, 0.717) is 5.92 Å². The molecule has 0 atom stereocenters. The summed E-state index contributed by atoms with van der Waals surface area (Å²) in [6.45, 7) is 0. The van der Waals surface area contributed by atoms with Crippen LogP contribution < -0.4 is 0 Å². The third-order valence-corrected chi connectivity index (χ3v) is 3.76. The zero-order chi connectivity index (χ0) is 9.97. The first-order chi connectivity index (χ1) is 6.79. The molecular formula is C10H13NO2S. The fourth-order valence-corrected chi connectivity index (χ4v) is 3.02. The molecule has 2 rings (SSSR count). The summed E-state index contributed by atoms with van der Waals surface area (Å²) < 4.78 is 0. The summed E-state index contributed by atoms with van der Waals surface area (Å²) in [5.74, 6) is -0.436. The molecule has 0 aliphatic heterocycles. The first-order valence-corrected chi connectivity index (χ1v) is 5.83. The highest BCUT2D eigenvalue weighted by Crippen LogP contribution is 2.36. The summed E-state index contributed by atoms with van der Waals surface area (Å²) in [4.78, 5) is 15.8. The van der Waals surface area contributed by atoms with E-state index in [2.05, 4.69) is 4.98 Å². The predicted octanol–water partition coefficient (Wildman–Crippen LogP) is 2.89. The van der Waals surface area contributed by atoms with Gasteiger partial charge >= 0.3 is 5.97 Å². The number of carboxylic acids is 1. The predicted molar refractivity (Wildman–Crippen MR) is 54.9 cm³/mol. The van der Waals surface area contributed by atoms with Crippen molar-refractivity contribution < 1.29 is 9.90 Å². The maximum absolute atomic E-state index is 10.9. The Bertz CT molecular complexity index is 329. The van der Waals surface area contributed by atoms with Crippen LogP contribution in [-0.2, 0) is 0 Å². The van der Waals surface area contributed by atoms with E-state index in [1.165, 1.54) is 30.6 Å². The molecule has 0 amide bonds. The van der Waals surface area contributed by atoms with Crippen LogP contribution in [0.3, 0.4) is 0 Å². The van der Waals surface area contributed by atoms with Gasteiger partial charge in [0.2, 0.25) is 0 Å². The molecule has 1 N–H and O–H groups in total. The maximum Gasteiger partial charge on any atom is 0.355 e. The second-order valence-electron chi connectivity index (χ2n) is 3.71. The van der Waals surface area contributed by atoms with Gasteiger partial charge in [-0.15, -0.1) is 11.3 Å². The van der Waals surface area contributed by atoms with Gasteiger partial charge in [-0.2, -0.15) is 0 Å². The van der Waals surface area contributed by atoms with Crippen LogP contribution in [0.25, 0.3) is 0 Å². The van der Waals surface area contributed by atoms with E-state index < -0.39 is 5.97 Å². The normalized spacial score (nSPS) is 18.3. The molecule has 0 bridgehead atoms. The van der Waals surface area contributed by atoms with E-state index in [1.54, 1.807) is 5.51 Å². The SMILES string of the molecule is O=C(O)c1ncsc1C1CCCCC1. The van der Waals surface area contributed by atoms with Crippen molar-refractivity contribution in [2.24, 2.45) is 0 Å². The molecule has 1 aromatic rings. The summed E-state index contributed by atoms with van der Waals surface area (Å²) in [5.41, 5.74) is 1.93. The van der Waals surface area contributed by atoms with E-state index in [9.17, 15) is 4.79 Å². The lowest BCUT2D eigenvalue weighted by Gasteiger charge is -2.20. The maximum atomic E-state index is 10.9. The fourth-order valence-electron chi connectivity index (χ4n) is 2.07. The van der Waals surface area contributed by atoms with Gasteiger partial charge in [-0.25, -0.2) is 9.78 Å². The van der Waals surface area contributed by atoms with Gasteiger partial charge in [0.15, 0.2) is 5.69 Å². The molecule has 1 aromatic heterocycles. The number of hydrogen-bond acceptors (Lipinski definition) is 3. The highest BCUT2D eigenvalue weighted by atomic mass is 32.1. The molecule has 1 saturated carbocycles. The lowest BCUT2D eigenvalue weighted by atomic mass is 9.87. The molecule has 1 heterocycles. The standard InChI is InChI=1S/C10H13NO2S/c12-10(13)8-9(14-6-11-8)7-4-2-1-3-5-7/h6-7H,1-5H2,(H,12,13). The number of carbonyl (C=O) groups is 1. The van der Waals surface area contributed by atoms with Gasteiger partial charge in [-0.3, -0.25) is 0 Å². The number of thiazole rings is 1. The summed E-state index contributed by atoms with van der Waals surface area (Å²) in [6, 6.07) is 0. The van der Waals surface area contributed by atoms with Crippen LogP contribution in [0, 0.1) is 0 Å². The first kappa shape index (κ1) is 9.65. The zero-order valence-corrected chi connectivity index (χ0v) is 8.72. The molecule has 1 aliphatic rings. The van der Waals surface area contributed by atoms with Gasteiger partial charge in [-0.1, -0.05) is 19.3 Å². The monoisotopic (exact) mass is 211 g/mol. The van der Waals surface area contributed by atoms with Crippen molar-refractivity contribution in [1.29, 1.82) is 0 Å². The van der Waals surface area contributed by atoms with E-state index >= 15 is 0 Å². The number of rotatable bonds is 2. The molecule has 1 aliphatic carbocycles. The number of aromatic nitrogens is 1. The average Bonchev–Trinajstić information content (AvgIpc) is 2.67. The summed E-state index contributed by atoms with van der Waals surface area (Å²) in [6.07, 6.45) is 5.99. The van der Waals surface area contributed by atoms with Crippen molar-refractivity contribution in [2.75, 3.05) is 0 Å². The minimum Gasteiger partial charge on any atom is -0.476 e. The van der Waals surface area contributed by atoms with Crippen LogP contribution >= 0.6 is 11.3 Å².